The lowest BCUT2D eigenvalue weighted by Crippen LogP contribution is -2.51. The molecule has 0 radical (unpaired) electrons. The first kappa shape index (κ1) is 24.0. The minimum Gasteiger partial charge on any atom is -0.364 e. The Morgan fingerprint density at radius 3 is 2.62 bits per heavy atom. The molecule has 34 heavy (non-hydrogen) atoms. The summed E-state index contributed by atoms with van der Waals surface area (Å²) in [6.45, 7) is 11.2. The Morgan fingerprint density at radius 1 is 1.21 bits per heavy atom. The number of non-ortho nitro benzene ring substituents is 1. The van der Waals surface area contributed by atoms with Crippen molar-refractivity contribution in [1.82, 2.24) is 4.90 Å². The van der Waals surface area contributed by atoms with Crippen LogP contribution in [0.3, 0.4) is 0 Å². The van der Waals surface area contributed by atoms with E-state index < -0.39 is 4.92 Å². The first-order valence-corrected chi connectivity index (χ1v) is 12.2. The highest BCUT2D eigenvalue weighted by atomic mass is 32.2. The largest absolute Gasteiger partial charge is 0.364 e. The zero-order valence-corrected chi connectivity index (χ0v) is 20.9. The predicted molar refractivity (Wildman–Crippen MR) is 136 cm³/mol. The van der Waals surface area contributed by atoms with Gasteiger partial charge in [0.25, 0.3) is 16.8 Å². The fourth-order valence-electron chi connectivity index (χ4n) is 5.28. The number of nitro groups is 1. The number of amides is 2. The van der Waals surface area contributed by atoms with E-state index in [1.54, 1.807) is 18.2 Å². The van der Waals surface area contributed by atoms with Gasteiger partial charge in [-0.05, 0) is 86.7 Å². The highest BCUT2D eigenvalue weighted by molar-refractivity contribution is 8.18. The maximum atomic E-state index is 13.0. The Hall–Kier alpha value is -3.13. The normalized spacial score (nSPS) is 20.9. The molecule has 2 aromatic carbocycles. The van der Waals surface area contributed by atoms with Crippen LogP contribution in [0.15, 0.2) is 47.4 Å². The van der Waals surface area contributed by atoms with Crippen molar-refractivity contribution in [3.8, 4) is 0 Å². The van der Waals surface area contributed by atoms with Crippen molar-refractivity contribution < 1.29 is 14.5 Å². The van der Waals surface area contributed by atoms with Gasteiger partial charge in [0.15, 0.2) is 0 Å². The fraction of sp³-hybridized carbons (Fsp3) is 0.385. The molecule has 0 spiro atoms. The highest BCUT2D eigenvalue weighted by Gasteiger charge is 2.38. The summed E-state index contributed by atoms with van der Waals surface area (Å²) in [5.41, 5.74) is 3.87. The lowest BCUT2D eigenvalue weighted by atomic mass is 9.79. The molecule has 0 saturated carbocycles. The van der Waals surface area contributed by atoms with Gasteiger partial charge in [0.1, 0.15) is 0 Å². The number of rotatable bonds is 5. The van der Waals surface area contributed by atoms with Crippen molar-refractivity contribution in [3.05, 3.63) is 74.2 Å². The van der Waals surface area contributed by atoms with E-state index in [0.29, 0.717) is 22.4 Å². The summed E-state index contributed by atoms with van der Waals surface area (Å²) in [5.74, 6) is -0.00509. The van der Waals surface area contributed by atoms with E-state index in [9.17, 15) is 19.7 Å². The summed E-state index contributed by atoms with van der Waals surface area (Å²) in [4.78, 5) is 40.1. The van der Waals surface area contributed by atoms with Gasteiger partial charge in [-0.25, -0.2) is 0 Å². The number of nitrogens with zero attached hydrogens (tertiary/aromatic N) is 3. The molecular weight excluding hydrogens is 450 g/mol. The van der Waals surface area contributed by atoms with Crippen molar-refractivity contribution >= 4 is 40.4 Å². The van der Waals surface area contributed by atoms with E-state index in [-0.39, 0.29) is 28.9 Å². The average molecular weight is 480 g/mol. The third-order valence-corrected chi connectivity index (χ3v) is 7.36. The van der Waals surface area contributed by atoms with Crippen LogP contribution in [0.1, 0.15) is 63.6 Å². The van der Waals surface area contributed by atoms with Crippen LogP contribution in [0.4, 0.5) is 16.2 Å². The van der Waals surface area contributed by atoms with Crippen LogP contribution in [-0.4, -0.2) is 32.6 Å². The Bertz CT molecular complexity index is 1200. The summed E-state index contributed by atoms with van der Waals surface area (Å²) in [6, 6.07) is 12.6. The van der Waals surface area contributed by atoms with Crippen LogP contribution >= 0.6 is 11.8 Å². The molecular formula is C26H29N3O4S. The van der Waals surface area contributed by atoms with Crippen LogP contribution < -0.4 is 4.90 Å². The van der Waals surface area contributed by atoms with Gasteiger partial charge in [-0.2, -0.15) is 0 Å². The van der Waals surface area contributed by atoms with Crippen molar-refractivity contribution in [3.63, 3.8) is 0 Å². The Morgan fingerprint density at radius 2 is 1.94 bits per heavy atom. The summed E-state index contributed by atoms with van der Waals surface area (Å²) in [6.07, 6.45) is 2.80. The van der Waals surface area contributed by atoms with E-state index >= 15 is 0 Å². The number of thioether (sulfide) groups is 1. The molecule has 0 aromatic heterocycles. The summed E-state index contributed by atoms with van der Waals surface area (Å²) >= 11 is 0.904. The number of hydrogen-bond acceptors (Lipinski definition) is 6. The summed E-state index contributed by atoms with van der Waals surface area (Å²) in [7, 11) is 0. The molecule has 8 heteroatoms. The molecule has 4 rings (SSSR count). The van der Waals surface area contributed by atoms with Crippen LogP contribution in [0.5, 0.6) is 0 Å². The van der Waals surface area contributed by atoms with E-state index in [1.807, 2.05) is 6.07 Å². The van der Waals surface area contributed by atoms with E-state index in [1.165, 1.54) is 23.4 Å². The third kappa shape index (κ3) is 4.46. The second-order valence-corrected chi connectivity index (χ2v) is 10.9. The first-order valence-electron chi connectivity index (χ1n) is 11.4. The van der Waals surface area contributed by atoms with E-state index in [4.69, 9.17) is 0 Å². The molecule has 0 N–H and O–H groups in total. The number of carbonyl (C=O) groups is 2. The smallest absolute Gasteiger partial charge is 0.293 e. The number of nitro benzene ring substituents is 1. The molecule has 7 nitrogen and oxygen atoms in total. The quantitative estimate of drug-likeness (QED) is 0.283. The molecule has 2 amide bonds. The maximum Gasteiger partial charge on any atom is 0.293 e. The van der Waals surface area contributed by atoms with Crippen LogP contribution in [0.25, 0.3) is 6.08 Å². The molecule has 0 bridgehead atoms. The molecule has 2 aliphatic heterocycles. The van der Waals surface area contributed by atoms with Gasteiger partial charge in [-0.3, -0.25) is 24.6 Å². The molecule has 2 aromatic rings. The molecule has 178 valence electrons. The molecule has 0 aliphatic carbocycles. The van der Waals surface area contributed by atoms with Crippen LogP contribution in [0.2, 0.25) is 0 Å². The van der Waals surface area contributed by atoms with E-state index in [0.717, 1.165) is 28.6 Å². The molecule has 2 aliphatic rings. The summed E-state index contributed by atoms with van der Waals surface area (Å²) in [5, 5.41) is 10.7. The van der Waals surface area contributed by atoms with Crippen molar-refractivity contribution in [2.24, 2.45) is 0 Å². The van der Waals surface area contributed by atoms with Crippen molar-refractivity contribution in [1.29, 1.82) is 0 Å². The van der Waals surface area contributed by atoms with Gasteiger partial charge in [-0.1, -0.05) is 25.1 Å². The molecule has 0 unspecified atom stereocenters. The third-order valence-electron chi connectivity index (χ3n) is 6.45. The zero-order valence-electron chi connectivity index (χ0n) is 20.1. The van der Waals surface area contributed by atoms with Crippen molar-refractivity contribution in [2.45, 2.75) is 65.1 Å². The topological polar surface area (TPSA) is 83.8 Å². The second kappa shape index (κ2) is 8.91. The SMILES string of the molecule is CC(C)N1c2ccc(/C=C3\SC(=O)N(Cc4cccc([N+](=O)[O-])c4)C3=O)cc2[C@H](C)CC1(C)C. The lowest BCUT2D eigenvalue weighted by molar-refractivity contribution is -0.384. The molecule has 1 atom stereocenters. The number of carbonyl (C=O) groups excluding carboxylic acids is 2. The molecule has 1 fully saturated rings. The number of benzene rings is 2. The minimum atomic E-state index is -0.490. The standard InChI is InChI=1S/C26H29N3O4S/c1-16(2)28-22-10-9-18(12-21(22)17(3)14-26(28,4)5)13-23-24(30)27(25(31)34-23)15-19-7-6-8-20(11-19)29(32)33/h6-13,16-17H,14-15H2,1-5H3/b23-13-/t17-/m1/s1. The Kier molecular flexibility index (Phi) is 6.29. The monoisotopic (exact) mass is 479 g/mol. The lowest BCUT2D eigenvalue weighted by Gasteiger charge is -2.50. The fourth-order valence-corrected chi connectivity index (χ4v) is 6.11. The van der Waals surface area contributed by atoms with Crippen molar-refractivity contribution in [2.75, 3.05) is 4.90 Å². The first-order chi connectivity index (χ1) is 16.0. The molecule has 1 saturated heterocycles. The number of fused-ring (bicyclic) bond motifs is 1. The van der Waals surface area contributed by atoms with Gasteiger partial charge in [-0.15, -0.1) is 0 Å². The second-order valence-electron chi connectivity index (χ2n) is 9.89. The maximum absolute atomic E-state index is 13.0. The number of hydrogen-bond donors (Lipinski definition) is 0. The highest BCUT2D eigenvalue weighted by Crippen LogP contribution is 2.45. The average Bonchev–Trinajstić information content (AvgIpc) is 3.01. The predicted octanol–water partition coefficient (Wildman–Crippen LogP) is 6.33. The van der Waals surface area contributed by atoms with Gasteiger partial charge in [0.05, 0.1) is 16.4 Å². The number of anilines is 1. The van der Waals surface area contributed by atoms with Gasteiger partial charge >= 0.3 is 0 Å². The molecule has 2 heterocycles. The van der Waals surface area contributed by atoms with Crippen LogP contribution in [-0.2, 0) is 11.3 Å². The number of imide groups is 1. The summed E-state index contributed by atoms with van der Waals surface area (Å²) < 4.78 is 0. The zero-order chi connectivity index (χ0) is 24.8. The van der Waals surface area contributed by atoms with Gasteiger partial charge < -0.3 is 4.90 Å². The Balaban J connectivity index is 1.60. The minimum absolute atomic E-state index is 0.00331. The van der Waals surface area contributed by atoms with Gasteiger partial charge in [0.2, 0.25) is 0 Å². The Labute approximate surface area is 204 Å². The van der Waals surface area contributed by atoms with Gasteiger partial charge in [0, 0.05) is 29.4 Å². The van der Waals surface area contributed by atoms with Crippen LogP contribution in [0, 0.1) is 10.1 Å². The van der Waals surface area contributed by atoms with E-state index in [2.05, 4.69) is 51.7 Å².